The fourth-order valence-electron chi connectivity index (χ4n) is 2.67. The molecule has 0 N–H and O–H groups in total. The standard InChI is InChI=1S/C16H15BrN4OS/c1-9(2)21-8-18-20-15(21)16-19-14-11-4-3-10(17)7-12(11)22-6-5-13(14)23-16/h3-4,7-9H,5-6H2,1-2H3. The topological polar surface area (TPSA) is 52.8 Å². The van der Waals surface area contributed by atoms with E-state index in [0.29, 0.717) is 12.6 Å². The van der Waals surface area contributed by atoms with Gasteiger partial charge in [-0.25, -0.2) is 4.98 Å². The molecular weight excluding hydrogens is 376 g/mol. The molecule has 4 rings (SSSR count). The minimum atomic E-state index is 0.301. The summed E-state index contributed by atoms with van der Waals surface area (Å²) >= 11 is 5.18. The van der Waals surface area contributed by atoms with Crippen molar-refractivity contribution in [1.29, 1.82) is 0 Å². The Hall–Kier alpha value is -1.73. The van der Waals surface area contributed by atoms with Gasteiger partial charge in [0.05, 0.1) is 12.3 Å². The largest absolute Gasteiger partial charge is 0.492 e. The number of hydrogen-bond acceptors (Lipinski definition) is 5. The Balaban J connectivity index is 1.86. The minimum absolute atomic E-state index is 0.301. The van der Waals surface area contributed by atoms with Crippen molar-refractivity contribution in [3.05, 3.63) is 33.9 Å². The van der Waals surface area contributed by atoms with Gasteiger partial charge in [0.15, 0.2) is 10.8 Å². The Labute approximate surface area is 146 Å². The van der Waals surface area contributed by atoms with Crippen molar-refractivity contribution in [3.63, 3.8) is 0 Å². The summed E-state index contributed by atoms with van der Waals surface area (Å²) < 4.78 is 8.93. The summed E-state index contributed by atoms with van der Waals surface area (Å²) in [6.07, 6.45) is 2.62. The molecule has 0 saturated carbocycles. The molecule has 2 aromatic heterocycles. The van der Waals surface area contributed by atoms with Gasteiger partial charge in [-0.1, -0.05) is 15.9 Å². The first-order chi connectivity index (χ1) is 11.1. The van der Waals surface area contributed by atoms with E-state index in [0.717, 1.165) is 38.7 Å². The van der Waals surface area contributed by atoms with Gasteiger partial charge in [0.2, 0.25) is 0 Å². The van der Waals surface area contributed by atoms with Crippen LogP contribution in [0, 0.1) is 0 Å². The molecule has 0 atom stereocenters. The van der Waals surface area contributed by atoms with Crippen molar-refractivity contribution in [2.45, 2.75) is 26.3 Å². The SMILES string of the molecule is CC(C)n1cnnc1-c1nc2c(s1)CCOc1cc(Br)ccc1-2. The van der Waals surface area contributed by atoms with Crippen molar-refractivity contribution in [1.82, 2.24) is 19.7 Å². The van der Waals surface area contributed by atoms with Crippen molar-refractivity contribution >= 4 is 27.3 Å². The Kier molecular flexibility index (Phi) is 3.69. The van der Waals surface area contributed by atoms with E-state index in [4.69, 9.17) is 9.72 Å². The Morgan fingerprint density at radius 1 is 1.35 bits per heavy atom. The highest BCUT2D eigenvalue weighted by Gasteiger charge is 2.23. The Bertz CT molecular complexity index is 871. The fraction of sp³-hybridized carbons (Fsp3) is 0.312. The summed E-state index contributed by atoms with van der Waals surface area (Å²) in [5.74, 6) is 1.71. The van der Waals surface area contributed by atoms with Gasteiger partial charge in [-0.05, 0) is 32.0 Å². The number of aromatic nitrogens is 4. The van der Waals surface area contributed by atoms with Crippen molar-refractivity contribution in [2.24, 2.45) is 0 Å². The second kappa shape index (κ2) is 5.72. The Morgan fingerprint density at radius 3 is 3.04 bits per heavy atom. The van der Waals surface area contributed by atoms with E-state index in [2.05, 4.69) is 50.6 Å². The van der Waals surface area contributed by atoms with Crippen LogP contribution in [0.25, 0.3) is 22.1 Å². The summed E-state index contributed by atoms with van der Waals surface area (Å²) in [6, 6.07) is 6.38. The van der Waals surface area contributed by atoms with E-state index in [1.807, 2.05) is 12.1 Å². The zero-order valence-corrected chi connectivity index (χ0v) is 15.2. The van der Waals surface area contributed by atoms with Gasteiger partial charge in [0, 0.05) is 27.4 Å². The molecule has 0 bridgehead atoms. The number of hydrogen-bond donors (Lipinski definition) is 0. The van der Waals surface area contributed by atoms with E-state index in [1.54, 1.807) is 17.7 Å². The second-order valence-electron chi connectivity index (χ2n) is 5.69. The molecule has 1 aliphatic heterocycles. The summed E-state index contributed by atoms with van der Waals surface area (Å²) in [5, 5.41) is 9.23. The maximum atomic E-state index is 5.87. The molecule has 0 fully saturated rings. The lowest BCUT2D eigenvalue weighted by Crippen LogP contribution is -2.01. The number of halogens is 1. The smallest absolute Gasteiger partial charge is 0.193 e. The number of fused-ring (bicyclic) bond motifs is 3. The molecule has 3 heterocycles. The zero-order chi connectivity index (χ0) is 16.0. The fourth-order valence-corrected chi connectivity index (χ4v) is 4.05. The number of nitrogens with zero attached hydrogens (tertiary/aromatic N) is 4. The van der Waals surface area contributed by atoms with E-state index in [9.17, 15) is 0 Å². The van der Waals surface area contributed by atoms with E-state index >= 15 is 0 Å². The van der Waals surface area contributed by atoms with Crippen LogP contribution in [0.4, 0.5) is 0 Å². The Morgan fingerprint density at radius 2 is 2.22 bits per heavy atom. The maximum absolute atomic E-state index is 5.87. The minimum Gasteiger partial charge on any atom is -0.492 e. The van der Waals surface area contributed by atoms with Crippen LogP contribution in [0.3, 0.4) is 0 Å². The average molecular weight is 391 g/mol. The molecule has 5 nitrogen and oxygen atoms in total. The molecular formula is C16H15BrN4OS. The molecule has 0 radical (unpaired) electrons. The molecule has 3 aromatic rings. The van der Waals surface area contributed by atoms with Crippen molar-refractivity contribution in [3.8, 4) is 27.8 Å². The quantitative estimate of drug-likeness (QED) is 0.652. The third-order valence-corrected chi connectivity index (χ3v) is 5.41. The number of rotatable bonds is 2. The zero-order valence-electron chi connectivity index (χ0n) is 12.8. The van der Waals surface area contributed by atoms with E-state index in [-0.39, 0.29) is 0 Å². The van der Waals surface area contributed by atoms with Crippen LogP contribution in [0.2, 0.25) is 0 Å². The number of ether oxygens (including phenoxy) is 1. The van der Waals surface area contributed by atoms with Crippen molar-refractivity contribution in [2.75, 3.05) is 6.61 Å². The number of thiazole rings is 1. The van der Waals surface area contributed by atoms with Crippen LogP contribution in [-0.4, -0.2) is 26.4 Å². The molecule has 0 unspecified atom stereocenters. The van der Waals surface area contributed by atoms with Crippen molar-refractivity contribution < 1.29 is 4.74 Å². The van der Waals surface area contributed by atoms with Gasteiger partial charge in [-0.3, -0.25) is 0 Å². The number of benzene rings is 1. The van der Waals surface area contributed by atoms with Crippen LogP contribution in [0.15, 0.2) is 29.0 Å². The maximum Gasteiger partial charge on any atom is 0.193 e. The molecule has 0 amide bonds. The van der Waals surface area contributed by atoms with Gasteiger partial charge >= 0.3 is 0 Å². The average Bonchev–Trinajstić information content (AvgIpc) is 3.11. The summed E-state index contributed by atoms with van der Waals surface area (Å²) in [5.41, 5.74) is 2.04. The van der Waals surface area contributed by atoms with E-state index < -0.39 is 0 Å². The third kappa shape index (κ3) is 2.57. The molecule has 7 heteroatoms. The highest BCUT2D eigenvalue weighted by atomic mass is 79.9. The van der Waals surface area contributed by atoms with Gasteiger partial charge in [-0.2, -0.15) is 0 Å². The van der Waals surface area contributed by atoms with Gasteiger partial charge in [-0.15, -0.1) is 21.5 Å². The van der Waals surface area contributed by atoms with Gasteiger partial charge in [0.1, 0.15) is 12.1 Å². The first-order valence-electron chi connectivity index (χ1n) is 7.46. The van der Waals surface area contributed by atoms with Crippen LogP contribution in [0.5, 0.6) is 5.75 Å². The van der Waals surface area contributed by atoms with Crippen LogP contribution >= 0.6 is 27.3 Å². The first kappa shape index (κ1) is 14.8. The normalized spacial score (nSPS) is 13.4. The predicted octanol–water partition coefficient (Wildman–Crippen LogP) is 4.35. The predicted molar refractivity (Wildman–Crippen MR) is 93.9 cm³/mol. The lowest BCUT2D eigenvalue weighted by molar-refractivity contribution is 0.327. The summed E-state index contributed by atoms with van der Waals surface area (Å²) in [4.78, 5) is 6.10. The monoisotopic (exact) mass is 390 g/mol. The lowest BCUT2D eigenvalue weighted by Gasteiger charge is -2.08. The summed E-state index contributed by atoms with van der Waals surface area (Å²) in [7, 11) is 0. The lowest BCUT2D eigenvalue weighted by atomic mass is 10.1. The third-order valence-electron chi connectivity index (χ3n) is 3.80. The van der Waals surface area contributed by atoms with E-state index in [1.165, 1.54) is 4.88 Å². The second-order valence-corrected chi connectivity index (χ2v) is 7.68. The van der Waals surface area contributed by atoms with Gasteiger partial charge in [0.25, 0.3) is 0 Å². The first-order valence-corrected chi connectivity index (χ1v) is 9.06. The molecule has 0 spiro atoms. The molecule has 0 saturated heterocycles. The highest BCUT2D eigenvalue weighted by molar-refractivity contribution is 9.10. The molecule has 1 aliphatic rings. The summed E-state index contributed by atoms with van der Waals surface area (Å²) in [6.45, 7) is 4.90. The molecule has 118 valence electrons. The van der Waals surface area contributed by atoms with Crippen LogP contribution < -0.4 is 4.74 Å². The highest BCUT2D eigenvalue weighted by Crippen LogP contribution is 2.41. The van der Waals surface area contributed by atoms with Crippen LogP contribution in [-0.2, 0) is 6.42 Å². The van der Waals surface area contributed by atoms with Gasteiger partial charge < -0.3 is 9.30 Å². The molecule has 1 aromatic carbocycles. The molecule has 0 aliphatic carbocycles. The van der Waals surface area contributed by atoms with Crippen LogP contribution in [0.1, 0.15) is 24.8 Å². The molecule has 23 heavy (non-hydrogen) atoms.